The topological polar surface area (TPSA) is 106 Å². The molecule has 2 heterocycles. The number of pyridine rings is 1. The molecule has 1 aliphatic rings. The van der Waals surface area contributed by atoms with Gasteiger partial charge in [-0.3, -0.25) is 9.78 Å². The second-order valence-electron chi connectivity index (χ2n) is 7.27. The number of tetrazole rings is 1. The van der Waals surface area contributed by atoms with Crippen molar-refractivity contribution < 1.29 is 9.90 Å². The van der Waals surface area contributed by atoms with Gasteiger partial charge in [0.25, 0.3) is 5.91 Å². The van der Waals surface area contributed by atoms with E-state index < -0.39 is 0 Å². The minimum Gasteiger partial charge on any atom is -0.394 e. The summed E-state index contributed by atoms with van der Waals surface area (Å²) in [5.74, 6) is 0.907. The molecule has 1 unspecified atom stereocenters. The normalized spacial score (nSPS) is 14.7. The van der Waals surface area contributed by atoms with Crippen LogP contribution >= 0.6 is 0 Å². The van der Waals surface area contributed by atoms with E-state index in [-0.39, 0.29) is 18.6 Å². The molecule has 8 nitrogen and oxygen atoms in total. The zero-order valence-electron chi connectivity index (χ0n) is 15.8. The average Bonchev–Trinajstić information content (AvgIpc) is 3.44. The molecule has 28 heavy (non-hydrogen) atoms. The van der Waals surface area contributed by atoms with Gasteiger partial charge in [0.1, 0.15) is 0 Å². The lowest BCUT2D eigenvalue weighted by atomic mass is 10.0. The number of aliphatic hydroxyl groups excluding tert-OH is 1. The van der Waals surface area contributed by atoms with Crippen LogP contribution in [-0.4, -0.2) is 48.9 Å². The molecule has 1 fully saturated rings. The Labute approximate surface area is 162 Å². The van der Waals surface area contributed by atoms with E-state index in [1.165, 1.54) is 0 Å². The Morgan fingerprint density at radius 3 is 2.82 bits per heavy atom. The number of carbonyl (C=O) groups is 1. The fourth-order valence-corrected chi connectivity index (χ4v) is 2.98. The summed E-state index contributed by atoms with van der Waals surface area (Å²) in [7, 11) is 0. The van der Waals surface area contributed by atoms with Crippen molar-refractivity contribution in [2.45, 2.75) is 38.6 Å². The van der Waals surface area contributed by atoms with E-state index in [9.17, 15) is 9.90 Å². The number of amides is 1. The van der Waals surface area contributed by atoms with Crippen molar-refractivity contribution in [3.05, 3.63) is 53.5 Å². The zero-order valence-corrected chi connectivity index (χ0v) is 15.8. The number of benzene rings is 1. The van der Waals surface area contributed by atoms with Gasteiger partial charge in [0.2, 0.25) is 0 Å². The van der Waals surface area contributed by atoms with Crippen molar-refractivity contribution in [2.24, 2.45) is 0 Å². The minimum absolute atomic E-state index is 0.128. The lowest BCUT2D eigenvalue weighted by Gasteiger charge is -2.14. The number of aryl methyl sites for hydroxylation is 1. The smallest absolute Gasteiger partial charge is 0.251 e. The SMILES string of the molecule is Cc1ccc(-c2cc(C(=O)NC(C)CO)cc(-n3nnnc3C3CC3)c2)nc1. The quantitative estimate of drug-likeness (QED) is 0.680. The third-order valence-corrected chi connectivity index (χ3v) is 4.72. The first-order valence-electron chi connectivity index (χ1n) is 9.33. The predicted molar refractivity (Wildman–Crippen MR) is 103 cm³/mol. The molecule has 1 aliphatic carbocycles. The Morgan fingerprint density at radius 1 is 1.32 bits per heavy atom. The Hall–Kier alpha value is -3.13. The van der Waals surface area contributed by atoms with Gasteiger partial charge in [-0.15, -0.1) is 5.10 Å². The molecule has 4 rings (SSSR count). The monoisotopic (exact) mass is 378 g/mol. The molecule has 0 aliphatic heterocycles. The zero-order chi connectivity index (χ0) is 19.7. The average molecular weight is 378 g/mol. The first-order chi connectivity index (χ1) is 13.5. The van der Waals surface area contributed by atoms with Crippen LogP contribution in [0.1, 0.15) is 47.4 Å². The van der Waals surface area contributed by atoms with Crippen LogP contribution < -0.4 is 5.32 Å². The second-order valence-corrected chi connectivity index (χ2v) is 7.27. The highest BCUT2D eigenvalue weighted by atomic mass is 16.3. The number of nitrogens with zero attached hydrogens (tertiary/aromatic N) is 5. The first kappa shape index (κ1) is 18.2. The van der Waals surface area contributed by atoms with Crippen molar-refractivity contribution in [3.8, 4) is 16.9 Å². The minimum atomic E-state index is -0.341. The summed E-state index contributed by atoms with van der Waals surface area (Å²) < 4.78 is 1.70. The molecule has 2 N–H and O–H groups in total. The summed E-state index contributed by atoms with van der Waals surface area (Å²) >= 11 is 0. The number of aromatic nitrogens is 5. The number of hydrogen-bond acceptors (Lipinski definition) is 6. The molecule has 0 saturated heterocycles. The Balaban J connectivity index is 1.79. The molecule has 144 valence electrons. The van der Waals surface area contributed by atoms with Crippen molar-refractivity contribution in [1.82, 2.24) is 30.5 Å². The van der Waals surface area contributed by atoms with Crippen LogP contribution in [-0.2, 0) is 0 Å². The molecule has 1 atom stereocenters. The van der Waals surface area contributed by atoms with E-state index >= 15 is 0 Å². The summed E-state index contributed by atoms with van der Waals surface area (Å²) in [4.78, 5) is 17.2. The van der Waals surface area contributed by atoms with E-state index in [4.69, 9.17) is 0 Å². The van der Waals surface area contributed by atoms with E-state index in [1.807, 2.05) is 25.1 Å². The van der Waals surface area contributed by atoms with E-state index in [0.717, 1.165) is 35.5 Å². The van der Waals surface area contributed by atoms with E-state index in [0.29, 0.717) is 17.2 Å². The number of hydrogen-bond donors (Lipinski definition) is 2. The van der Waals surface area contributed by atoms with Gasteiger partial charge in [-0.2, -0.15) is 4.68 Å². The molecule has 8 heteroatoms. The highest BCUT2D eigenvalue weighted by Crippen LogP contribution is 2.39. The lowest BCUT2D eigenvalue weighted by Crippen LogP contribution is -2.35. The number of rotatable bonds is 6. The fraction of sp³-hybridized carbons (Fsp3) is 0.350. The van der Waals surface area contributed by atoms with E-state index in [1.54, 1.807) is 29.9 Å². The van der Waals surface area contributed by atoms with Gasteiger partial charge in [0.15, 0.2) is 5.82 Å². The molecular weight excluding hydrogens is 356 g/mol. The van der Waals surface area contributed by atoms with Gasteiger partial charge < -0.3 is 10.4 Å². The number of carbonyl (C=O) groups excluding carboxylic acids is 1. The van der Waals surface area contributed by atoms with Crippen LogP contribution in [0.5, 0.6) is 0 Å². The van der Waals surface area contributed by atoms with Crippen molar-refractivity contribution >= 4 is 5.91 Å². The van der Waals surface area contributed by atoms with Gasteiger partial charge in [-0.25, -0.2) is 0 Å². The maximum absolute atomic E-state index is 12.7. The third kappa shape index (κ3) is 3.77. The summed E-state index contributed by atoms with van der Waals surface area (Å²) in [5, 5.41) is 24.1. The predicted octanol–water partition coefficient (Wildman–Crippen LogP) is 2.02. The maximum atomic E-state index is 12.7. The van der Waals surface area contributed by atoms with Gasteiger partial charge in [-0.1, -0.05) is 6.07 Å². The molecule has 2 aromatic heterocycles. The summed E-state index contributed by atoms with van der Waals surface area (Å²) in [6.07, 6.45) is 3.93. The highest BCUT2D eigenvalue weighted by molar-refractivity contribution is 5.96. The highest BCUT2D eigenvalue weighted by Gasteiger charge is 2.30. The molecule has 0 radical (unpaired) electrons. The number of nitrogens with one attached hydrogen (secondary N) is 1. The van der Waals surface area contributed by atoms with Crippen LogP contribution in [0.25, 0.3) is 16.9 Å². The largest absolute Gasteiger partial charge is 0.394 e. The molecule has 3 aromatic rings. The van der Waals surface area contributed by atoms with Crippen LogP contribution in [0.2, 0.25) is 0 Å². The van der Waals surface area contributed by atoms with Crippen molar-refractivity contribution in [3.63, 3.8) is 0 Å². The van der Waals surface area contributed by atoms with Crippen LogP contribution in [0, 0.1) is 6.92 Å². The lowest BCUT2D eigenvalue weighted by molar-refractivity contribution is 0.0922. The Bertz CT molecular complexity index is 994. The molecule has 1 amide bonds. The standard InChI is InChI=1S/C20H22N6O2/c1-12-3-6-18(21-10-12)15-7-16(20(28)22-13(2)11-27)9-17(8-15)26-19(14-4-5-14)23-24-25-26/h3,6-10,13-14,27H,4-5,11H2,1-2H3,(H,22,28). The summed E-state index contributed by atoms with van der Waals surface area (Å²) in [6, 6.07) is 9.06. The van der Waals surface area contributed by atoms with Gasteiger partial charge >= 0.3 is 0 Å². The molecule has 0 bridgehead atoms. The maximum Gasteiger partial charge on any atom is 0.251 e. The van der Waals surface area contributed by atoms with Crippen LogP contribution in [0.3, 0.4) is 0 Å². The molecule has 0 spiro atoms. The van der Waals surface area contributed by atoms with E-state index in [2.05, 4.69) is 25.8 Å². The molecular formula is C20H22N6O2. The fourth-order valence-electron chi connectivity index (χ4n) is 2.98. The van der Waals surface area contributed by atoms with Crippen LogP contribution in [0.4, 0.5) is 0 Å². The third-order valence-electron chi connectivity index (χ3n) is 4.72. The number of aliphatic hydroxyl groups is 1. The Kier molecular flexibility index (Phi) is 4.87. The second kappa shape index (κ2) is 7.47. The van der Waals surface area contributed by atoms with Crippen LogP contribution in [0.15, 0.2) is 36.5 Å². The summed E-state index contributed by atoms with van der Waals surface area (Å²) in [6.45, 7) is 3.60. The van der Waals surface area contributed by atoms with Crippen molar-refractivity contribution in [1.29, 1.82) is 0 Å². The summed E-state index contributed by atoms with van der Waals surface area (Å²) in [5.41, 5.74) is 3.81. The van der Waals surface area contributed by atoms with Crippen molar-refractivity contribution in [2.75, 3.05) is 6.61 Å². The van der Waals surface area contributed by atoms with Gasteiger partial charge in [-0.05, 0) is 66.9 Å². The molecule has 1 saturated carbocycles. The van der Waals surface area contributed by atoms with Gasteiger partial charge in [0, 0.05) is 29.3 Å². The Morgan fingerprint density at radius 2 is 2.14 bits per heavy atom. The first-order valence-corrected chi connectivity index (χ1v) is 9.33. The molecule has 1 aromatic carbocycles. The van der Waals surface area contributed by atoms with Gasteiger partial charge in [0.05, 0.1) is 18.0 Å².